The Hall–Kier alpha value is -6.14. The molecule has 7 rings (SSSR count). The first-order valence-electron chi connectivity index (χ1n) is 16.5. The van der Waals surface area contributed by atoms with Crippen LogP contribution in [0.2, 0.25) is 0 Å². The van der Waals surface area contributed by atoms with E-state index in [-0.39, 0.29) is 63.8 Å². The minimum absolute atomic E-state index is 0.0101. The summed E-state index contributed by atoms with van der Waals surface area (Å²) in [5, 5.41) is 87.7. The molecule has 268 valence electrons. The second-order valence-electron chi connectivity index (χ2n) is 13.9. The summed E-state index contributed by atoms with van der Waals surface area (Å²) in [5.41, 5.74) is -1.26. The van der Waals surface area contributed by atoms with Crippen LogP contribution in [-0.4, -0.2) is 58.0 Å². The molecule has 0 unspecified atom stereocenters. The standard InChI is InChI=1S/C40H36O12/c1-18(2)10-11-39-38(49)35-31(47)17-30(46)34(37(35)52-40(39,50)27-9-6-22(43)16-32(27)51-39)26-13-19(3)12-25(23-7-4-20(41)14-28(23)44)33(26)36(48)24-8-5-21(42)15-29(24)45/h4-10,13-17,25-26,33,41-47,50H,11-12H2,1-3H3/t25-,26+,33-,39-,40+/m1/s1. The van der Waals surface area contributed by atoms with Crippen molar-refractivity contribution in [2.75, 3.05) is 0 Å². The van der Waals surface area contributed by atoms with Crippen LogP contribution in [-0.2, 0) is 5.79 Å². The monoisotopic (exact) mass is 708 g/mol. The van der Waals surface area contributed by atoms with Gasteiger partial charge in [0.15, 0.2) is 5.78 Å². The highest BCUT2D eigenvalue weighted by atomic mass is 16.7. The molecule has 0 aromatic heterocycles. The topological polar surface area (TPSA) is 214 Å². The Bertz CT molecular complexity index is 2250. The van der Waals surface area contributed by atoms with Gasteiger partial charge in [-0.1, -0.05) is 29.4 Å². The summed E-state index contributed by atoms with van der Waals surface area (Å²) < 4.78 is 12.6. The normalized spacial score (nSPS) is 24.4. The molecule has 52 heavy (non-hydrogen) atoms. The molecule has 2 aliphatic heterocycles. The summed E-state index contributed by atoms with van der Waals surface area (Å²) in [4.78, 5) is 29.5. The van der Waals surface area contributed by atoms with Crippen LogP contribution in [0.15, 0.2) is 84.0 Å². The van der Waals surface area contributed by atoms with Crippen molar-refractivity contribution in [3.05, 3.63) is 112 Å². The minimum Gasteiger partial charge on any atom is -0.508 e. The molecular weight excluding hydrogens is 672 g/mol. The van der Waals surface area contributed by atoms with Crippen molar-refractivity contribution < 1.29 is 59.9 Å². The molecule has 0 saturated carbocycles. The SMILES string of the molecule is CC(C)=CC[C@]12Oc3cc(O)ccc3[C@]1(O)Oc1c(c(O)cc(O)c1[C@H]1C=C(C)C[C@H](c3ccc(O)cc3O)[C@H]1C(=O)c1ccc(O)cc1O)C2=O. The lowest BCUT2D eigenvalue weighted by atomic mass is 9.64. The Balaban J connectivity index is 1.49. The fourth-order valence-electron chi connectivity index (χ4n) is 7.82. The number of Topliss-reactive ketones (excluding diaryl/α,β-unsaturated/α-hetero) is 2. The van der Waals surface area contributed by atoms with Gasteiger partial charge in [0.05, 0.1) is 11.1 Å². The van der Waals surface area contributed by atoms with Gasteiger partial charge in [0.1, 0.15) is 57.3 Å². The van der Waals surface area contributed by atoms with E-state index in [9.17, 15) is 50.4 Å². The Morgan fingerprint density at radius 3 is 2.15 bits per heavy atom. The van der Waals surface area contributed by atoms with Crippen LogP contribution < -0.4 is 9.47 Å². The number of aromatic hydroxyl groups is 7. The number of hydrogen-bond acceptors (Lipinski definition) is 12. The number of benzene rings is 4. The first-order valence-corrected chi connectivity index (χ1v) is 16.5. The molecule has 0 bridgehead atoms. The van der Waals surface area contributed by atoms with Gasteiger partial charge in [0.2, 0.25) is 11.4 Å². The van der Waals surface area contributed by atoms with E-state index in [4.69, 9.17) is 9.47 Å². The lowest BCUT2D eigenvalue weighted by Crippen LogP contribution is -2.62. The van der Waals surface area contributed by atoms with Crippen LogP contribution in [0.1, 0.15) is 82.9 Å². The maximum Gasteiger partial charge on any atom is 0.286 e. The minimum atomic E-state index is -2.57. The number of allylic oxidation sites excluding steroid dienone is 3. The number of carbonyl (C=O) groups excluding carboxylic acids is 2. The third-order valence-electron chi connectivity index (χ3n) is 10.2. The highest BCUT2D eigenvalue weighted by Gasteiger charge is 2.70. The molecule has 0 saturated heterocycles. The van der Waals surface area contributed by atoms with Gasteiger partial charge < -0.3 is 50.3 Å². The van der Waals surface area contributed by atoms with Gasteiger partial charge in [-0.2, -0.15) is 0 Å². The van der Waals surface area contributed by atoms with E-state index < -0.39 is 69.3 Å². The molecule has 5 atom stereocenters. The zero-order chi connectivity index (χ0) is 37.4. The van der Waals surface area contributed by atoms with E-state index in [1.54, 1.807) is 32.9 Å². The Kier molecular flexibility index (Phi) is 7.91. The van der Waals surface area contributed by atoms with E-state index in [0.717, 1.165) is 23.8 Å². The smallest absolute Gasteiger partial charge is 0.286 e. The van der Waals surface area contributed by atoms with E-state index in [1.807, 2.05) is 0 Å². The van der Waals surface area contributed by atoms with E-state index in [1.165, 1.54) is 42.5 Å². The molecule has 2 heterocycles. The van der Waals surface area contributed by atoms with E-state index in [2.05, 4.69) is 0 Å². The first kappa shape index (κ1) is 34.3. The van der Waals surface area contributed by atoms with Gasteiger partial charge in [0, 0.05) is 54.0 Å². The maximum absolute atomic E-state index is 14.8. The number of aliphatic hydroxyl groups is 1. The zero-order valence-corrected chi connectivity index (χ0v) is 28.3. The summed E-state index contributed by atoms with van der Waals surface area (Å²) in [6, 6.07) is 12.1. The highest BCUT2D eigenvalue weighted by Crippen LogP contribution is 2.61. The van der Waals surface area contributed by atoms with Crippen molar-refractivity contribution in [1.29, 1.82) is 0 Å². The molecule has 3 aliphatic rings. The molecule has 0 fully saturated rings. The van der Waals surface area contributed by atoms with Gasteiger partial charge in [-0.05, 0) is 63.1 Å². The largest absolute Gasteiger partial charge is 0.508 e. The number of phenols is 7. The lowest BCUT2D eigenvalue weighted by molar-refractivity contribution is -0.221. The number of fused-ring (bicyclic) bond motifs is 4. The number of ketones is 2. The van der Waals surface area contributed by atoms with Crippen LogP contribution in [0, 0.1) is 5.92 Å². The number of rotatable bonds is 6. The third-order valence-corrected chi connectivity index (χ3v) is 10.2. The predicted octanol–water partition coefficient (Wildman–Crippen LogP) is 6.25. The number of hydrogen-bond donors (Lipinski definition) is 8. The zero-order valence-electron chi connectivity index (χ0n) is 28.3. The molecule has 4 aromatic carbocycles. The summed E-state index contributed by atoms with van der Waals surface area (Å²) in [7, 11) is 0. The lowest BCUT2D eigenvalue weighted by Gasteiger charge is -2.44. The molecule has 8 N–H and O–H groups in total. The molecule has 0 radical (unpaired) electrons. The van der Waals surface area contributed by atoms with Crippen molar-refractivity contribution in [2.45, 2.75) is 56.8 Å². The van der Waals surface area contributed by atoms with Crippen LogP contribution in [0.25, 0.3) is 0 Å². The third kappa shape index (κ3) is 5.09. The van der Waals surface area contributed by atoms with E-state index in [0.29, 0.717) is 5.57 Å². The number of phenolic OH excluding ortho intramolecular Hbond substituents is 7. The average molecular weight is 709 g/mol. The summed E-state index contributed by atoms with van der Waals surface area (Å²) in [6.45, 7) is 5.32. The van der Waals surface area contributed by atoms with Crippen molar-refractivity contribution >= 4 is 11.6 Å². The van der Waals surface area contributed by atoms with E-state index >= 15 is 0 Å². The molecule has 4 aromatic rings. The molecule has 0 spiro atoms. The second kappa shape index (κ2) is 12.0. The van der Waals surface area contributed by atoms with Crippen LogP contribution in [0.4, 0.5) is 0 Å². The van der Waals surface area contributed by atoms with Crippen molar-refractivity contribution in [2.24, 2.45) is 5.92 Å². The van der Waals surface area contributed by atoms with Crippen molar-refractivity contribution in [3.63, 3.8) is 0 Å². The van der Waals surface area contributed by atoms with Gasteiger partial charge >= 0.3 is 0 Å². The molecule has 1 aliphatic carbocycles. The van der Waals surface area contributed by atoms with Gasteiger partial charge in [-0.15, -0.1) is 0 Å². The van der Waals surface area contributed by atoms with Crippen molar-refractivity contribution in [3.8, 4) is 51.7 Å². The average Bonchev–Trinajstić information content (AvgIpc) is 3.30. The quantitative estimate of drug-likeness (QED) is 0.0824. The number of ether oxygens (including phenoxy) is 2. The van der Waals surface area contributed by atoms with Gasteiger partial charge in [0.25, 0.3) is 5.79 Å². The number of carbonyl (C=O) groups is 2. The molecule has 0 amide bonds. The Morgan fingerprint density at radius 1 is 0.827 bits per heavy atom. The molecular formula is C40H36O12. The van der Waals surface area contributed by atoms with Crippen molar-refractivity contribution in [1.82, 2.24) is 0 Å². The summed E-state index contributed by atoms with van der Waals surface area (Å²) in [6.07, 6.45) is 3.30. The van der Waals surface area contributed by atoms with Crippen LogP contribution >= 0.6 is 0 Å². The van der Waals surface area contributed by atoms with Crippen LogP contribution in [0.5, 0.6) is 51.7 Å². The van der Waals surface area contributed by atoms with Gasteiger partial charge in [-0.3, -0.25) is 9.59 Å². The predicted molar refractivity (Wildman–Crippen MR) is 185 cm³/mol. The highest BCUT2D eigenvalue weighted by molar-refractivity contribution is 6.10. The fraction of sp³-hybridized carbons (Fsp3) is 0.250. The van der Waals surface area contributed by atoms with Crippen LogP contribution in [0.3, 0.4) is 0 Å². The molecule has 12 nitrogen and oxygen atoms in total. The Morgan fingerprint density at radius 2 is 1.48 bits per heavy atom. The first-order chi connectivity index (χ1) is 24.6. The fourth-order valence-corrected chi connectivity index (χ4v) is 7.82. The van der Waals surface area contributed by atoms with Gasteiger partial charge in [-0.25, -0.2) is 0 Å². The summed E-state index contributed by atoms with van der Waals surface area (Å²) >= 11 is 0. The second-order valence-corrected chi connectivity index (χ2v) is 13.9. The maximum atomic E-state index is 14.8. The molecule has 12 heteroatoms. The summed E-state index contributed by atoms with van der Waals surface area (Å²) in [5.74, 6) is -10.8. The Labute approximate surface area is 297 Å².